The number of benzene rings is 2. The minimum atomic E-state index is -0.790. The molecule has 1 aliphatic carbocycles. The molecule has 2 heterocycles. The lowest BCUT2D eigenvalue weighted by atomic mass is 9.98. The van der Waals surface area contributed by atoms with Gasteiger partial charge in [0, 0.05) is 12.5 Å². The number of carbonyl (C=O) groups excluding carboxylic acids is 3. The van der Waals surface area contributed by atoms with Gasteiger partial charge in [0.2, 0.25) is 5.91 Å². The number of carbonyl (C=O) groups is 3. The minimum absolute atomic E-state index is 0.00124. The maximum atomic E-state index is 12.3. The molecule has 0 spiro atoms. The zero-order chi connectivity index (χ0) is 20.0. The topological polar surface area (TPSA) is 96.5 Å². The molecule has 5 rings (SSSR count). The number of imide groups is 1. The Hall–Kier alpha value is -3.35. The third-order valence-corrected chi connectivity index (χ3v) is 5.77. The summed E-state index contributed by atoms with van der Waals surface area (Å²) < 4.78 is 5.59. The van der Waals surface area contributed by atoms with Gasteiger partial charge in [-0.15, -0.1) is 0 Å². The van der Waals surface area contributed by atoms with Crippen LogP contribution in [0.2, 0.25) is 0 Å². The summed E-state index contributed by atoms with van der Waals surface area (Å²) in [5.74, 6) is 0.290. The van der Waals surface area contributed by atoms with Gasteiger partial charge in [-0.25, -0.2) is 4.79 Å². The largest absolute Gasteiger partial charge is 0.493 e. The molecule has 0 saturated carbocycles. The first-order chi connectivity index (χ1) is 14.0. The number of rotatable bonds is 4. The van der Waals surface area contributed by atoms with Crippen LogP contribution >= 0.6 is 0 Å². The van der Waals surface area contributed by atoms with Crippen LogP contribution in [-0.2, 0) is 28.9 Å². The van der Waals surface area contributed by atoms with Crippen LogP contribution in [-0.4, -0.2) is 36.5 Å². The summed E-state index contributed by atoms with van der Waals surface area (Å²) in [7, 11) is 0. The highest BCUT2D eigenvalue weighted by Gasteiger charge is 2.32. The molecule has 7 heteroatoms. The van der Waals surface area contributed by atoms with Gasteiger partial charge < -0.3 is 15.4 Å². The number of hydrogen-bond acceptors (Lipinski definition) is 4. The average molecular weight is 391 g/mol. The molecule has 2 aliphatic heterocycles. The highest BCUT2D eigenvalue weighted by Crippen LogP contribution is 2.33. The molecular formula is C22H21N3O4. The van der Waals surface area contributed by atoms with E-state index in [2.05, 4.69) is 46.3 Å². The Kier molecular flexibility index (Phi) is 4.23. The van der Waals surface area contributed by atoms with Crippen LogP contribution in [0.4, 0.5) is 4.79 Å². The van der Waals surface area contributed by atoms with Gasteiger partial charge in [-0.2, -0.15) is 0 Å². The standard InChI is InChI=1S/C22H21N3O4/c26-20(11-18-21(27)25-22(28)24-18)23-17-9-14-2-1-12(8-16(14)10-17)13-3-4-19-15(7-13)5-6-29-19/h1-4,7-8,17-18H,5-6,9-11H2,(H,23,26)(H2,24,25,27,28). The second-order valence-electron chi connectivity index (χ2n) is 7.80. The Bertz CT molecular complexity index is 1030. The molecule has 148 valence electrons. The van der Waals surface area contributed by atoms with Crippen molar-refractivity contribution >= 4 is 17.8 Å². The van der Waals surface area contributed by atoms with E-state index in [0.29, 0.717) is 0 Å². The lowest BCUT2D eigenvalue weighted by molar-refractivity contribution is -0.126. The first kappa shape index (κ1) is 17.7. The van der Waals surface area contributed by atoms with Crippen molar-refractivity contribution in [2.45, 2.75) is 37.8 Å². The number of nitrogens with one attached hydrogen (secondary N) is 3. The van der Waals surface area contributed by atoms with Crippen LogP contribution in [0.25, 0.3) is 11.1 Å². The summed E-state index contributed by atoms with van der Waals surface area (Å²) in [6.07, 6.45) is 2.42. The quantitative estimate of drug-likeness (QED) is 0.688. The molecule has 0 aromatic heterocycles. The number of fused-ring (bicyclic) bond motifs is 2. The van der Waals surface area contributed by atoms with Crippen LogP contribution < -0.4 is 20.7 Å². The van der Waals surface area contributed by atoms with Gasteiger partial charge in [0.05, 0.1) is 13.0 Å². The zero-order valence-electron chi connectivity index (χ0n) is 15.8. The van der Waals surface area contributed by atoms with Gasteiger partial charge in [-0.3, -0.25) is 14.9 Å². The summed E-state index contributed by atoms with van der Waals surface area (Å²) in [5, 5.41) is 7.59. The monoisotopic (exact) mass is 391 g/mol. The van der Waals surface area contributed by atoms with E-state index in [1.807, 2.05) is 6.07 Å². The lowest BCUT2D eigenvalue weighted by Gasteiger charge is -2.13. The van der Waals surface area contributed by atoms with Crippen molar-refractivity contribution in [2.24, 2.45) is 0 Å². The molecule has 1 saturated heterocycles. The van der Waals surface area contributed by atoms with E-state index in [1.165, 1.54) is 22.3 Å². The van der Waals surface area contributed by atoms with E-state index in [1.54, 1.807) is 0 Å². The molecular weight excluding hydrogens is 370 g/mol. The minimum Gasteiger partial charge on any atom is -0.493 e. The van der Waals surface area contributed by atoms with Crippen molar-refractivity contribution in [1.82, 2.24) is 16.0 Å². The Morgan fingerprint density at radius 1 is 1.03 bits per heavy atom. The molecule has 2 aromatic rings. The van der Waals surface area contributed by atoms with E-state index in [9.17, 15) is 14.4 Å². The summed E-state index contributed by atoms with van der Waals surface area (Å²) in [5.41, 5.74) is 6.05. The Morgan fingerprint density at radius 2 is 1.79 bits per heavy atom. The summed E-state index contributed by atoms with van der Waals surface area (Å²) in [4.78, 5) is 35.1. The second kappa shape index (κ2) is 6.92. The molecule has 29 heavy (non-hydrogen) atoms. The third kappa shape index (κ3) is 3.44. The second-order valence-corrected chi connectivity index (χ2v) is 7.80. The maximum Gasteiger partial charge on any atom is 0.322 e. The fraction of sp³-hybridized carbons (Fsp3) is 0.318. The molecule has 4 amide bonds. The van der Waals surface area contributed by atoms with Crippen molar-refractivity contribution in [3.8, 4) is 16.9 Å². The predicted octanol–water partition coefficient (Wildman–Crippen LogP) is 1.47. The summed E-state index contributed by atoms with van der Waals surface area (Å²) >= 11 is 0. The van der Waals surface area contributed by atoms with E-state index < -0.39 is 18.0 Å². The van der Waals surface area contributed by atoms with Gasteiger partial charge in [0.1, 0.15) is 11.8 Å². The van der Waals surface area contributed by atoms with Gasteiger partial charge in [-0.1, -0.05) is 24.3 Å². The lowest BCUT2D eigenvalue weighted by Crippen LogP contribution is -2.40. The van der Waals surface area contributed by atoms with Crippen LogP contribution in [0.15, 0.2) is 36.4 Å². The molecule has 2 unspecified atom stereocenters. The summed E-state index contributed by atoms with van der Waals surface area (Å²) in [6, 6.07) is 11.4. The molecule has 1 fully saturated rings. The molecule has 3 N–H and O–H groups in total. The summed E-state index contributed by atoms with van der Waals surface area (Å²) in [6.45, 7) is 0.747. The van der Waals surface area contributed by atoms with Crippen molar-refractivity contribution < 1.29 is 19.1 Å². The number of amides is 4. The molecule has 2 aromatic carbocycles. The molecule has 0 radical (unpaired) electrons. The fourth-order valence-electron chi connectivity index (χ4n) is 4.34. The van der Waals surface area contributed by atoms with E-state index in [0.717, 1.165) is 37.2 Å². The molecule has 0 bridgehead atoms. The smallest absolute Gasteiger partial charge is 0.322 e. The van der Waals surface area contributed by atoms with Gasteiger partial charge in [0.25, 0.3) is 5.91 Å². The number of urea groups is 1. The van der Waals surface area contributed by atoms with Gasteiger partial charge in [0.15, 0.2) is 0 Å². The van der Waals surface area contributed by atoms with E-state index in [4.69, 9.17) is 4.74 Å². The van der Waals surface area contributed by atoms with Crippen LogP contribution in [0, 0.1) is 0 Å². The van der Waals surface area contributed by atoms with Gasteiger partial charge in [-0.05, 0) is 52.8 Å². The first-order valence-electron chi connectivity index (χ1n) is 9.84. The Morgan fingerprint density at radius 3 is 2.59 bits per heavy atom. The van der Waals surface area contributed by atoms with Crippen molar-refractivity contribution in [3.05, 3.63) is 53.1 Å². The zero-order valence-corrected chi connectivity index (χ0v) is 15.8. The maximum absolute atomic E-state index is 12.3. The Labute approximate surface area is 167 Å². The van der Waals surface area contributed by atoms with Crippen molar-refractivity contribution in [3.63, 3.8) is 0 Å². The van der Waals surface area contributed by atoms with Gasteiger partial charge >= 0.3 is 6.03 Å². The fourth-order valence-corrected chi connectivity index (χ4v) is 4.34. The molecule has 7 nitrogen and oxygen atoms in total. The normalized spacial score (nSPS) is 21.8. The molecule has 2 atom stereocenters. The van der Waals surface area contributed by atoms with Crippen LogP contribution in [0.3, 0.4) is 0 Å². The van der Waals surface area contributed by atoms with Crippen molar-refractivity contribution in [2.75, 3.05) is 6.61 Å². The van der Waals surface area contributed by atoms with Crippen LogP contribution in [0.1, 0.15) is 23.1 Å². The molecule has 3 aliphatic rings. The van der Waals surface area contributed by atoms with E-state index in [-0.39, 0.29) is 18.4 Å². The SMILES string of the molecule is O=C(CC1NC(=O)NC1=O)NC1Cc2ccc(-c3ccc4c(c3)CCO4)cc2C1. The van der Waals surface area contributed by atoms with Crippen LogP contribution in [0.5, 0.6) is 5.75 Å². The average Bonchev–Trinajstić information content (AvgIpc) is 3.38. The first-order valence-corrected chi connectivity index (χ1v) is 9.84. The van der Waals surface area contributed by atoms with E-state index >= 15 is 0 Å². The predicted molar refractivity (Wildman–Crippen MR) is 105 cm³/mol. The highest BCUT2D eigenvalue weighted by atomic mass is 16.5. The highest BCUT2D eigenvalue weighted by molar-refractivity contribution is 6.05. The Balaban J connectivity index is 1.24. The third-order valence-electron chi connectivity index (χ3n) is 5.77. The number of hydrogen-bond donors (Lipinski definition) is 3. The number of ether oxygens (including phenoxy) is 1. The van der Waals surface area contributed by atoms with Crippen molar-refractivity contribution in [1.29, 1.82) is 0 Å².